The first-order valence-corrected chi connectivity index (χ1v) is 8.25. The lowest BCUT2D eigenvalue weighted by atomic mass is 10.2. The van der Waals surface area contributed by atoms with Crippen LogP contribution in [-0.4, -0.2) is 44.9 Å². The fraction of sp³-hybridized carbons (Fsp3) is 0.538. The Balaban J connectivity index is 1.94. The predicted molar refractivity (Wildman–Crippen MR) is 75.3 cm³/mol. The summed E-state index contributed by atoms with van der Waals surface area (Å²) in [4.78, 5) is 0. The molecule has 2 aliphatic rings. The van der Waals surface area contributed by atoms with E-state index in [0.717, 1.165) is 13.0 Å². The van der Waals surface area contributed by atoms with E-state index in [4.69, 9.17) is 0 Å². The van der Waals surface area contributed by atoms with Crippen molar-refractivity contribution in [1.29, 1.82) is 0 Å². The summed E-state index contributed by atoms with van der Waals surface area (Å²) in [6.07, 6.45) is 1.52. The Labute approximate surface area is 118 Å². The molecule has 1 unspecified atom stereocenters. The summed E-state index contributed by atoms with van der Waals surface area (Å²) in [7, 11) is -3.64. The minimum atomic E-state index is -3.64. The van der Waals surface area contributed by atoms with Crippen molar-refractivity contribution in [2.75, 3.05) is 30.5 Å². The lowest BCUT2D eigenvalue weighted by Crippen LogP contribution is -2.54. The second-order valence-electron chi connectivity index (χ2n) is 5.14. The number of rotatable bonds is 2. The van der Waals surface area contributed by atoms with Gasteiger partial charge in [-0.15, -0.1) is 0 Å². The Morgan fingerprint density at radius 1 is 1.25 bits per heavy atom. The summed E-state index contributed by atoms with van der Waals surface area (Å²) in [5.74, 6) is -0.498. The van der Waals surface area contributed by atoms with Gasteiger partial charge in [-0.05, 0) is 31.5 Å². The van der Waals surface area contributed by atoms with E-state index in [1.54, 1.807) is 12.1 Å². The SMILES string of the molecule is O=S1(=O)N(c2ccccc2F)CCCN1C1CCNC1. The van der Waals surface area contributed by atoms with Crippen molar-refractivity contribution in [1.82, 2.24) is 9.62 Å². The molecule has 7 heteroatoms. The zero-order valence-electron chi connectivity index (χ0n) is 11.1. The molecule has 3 rings (SSSR count). The summed E-state index contributed by atoms with van der Waals surface area (Å²) in [5, 5.41) is 3.17. The molecule has 1 N–H and O–H groups in total. The van der Waals surface area contributed by atoms with Gasteiger partial charge in [0.1, 0.15) is 5.82 Å². The topological polar surface area (TPSA) is 52.7 Å². The van der Waals surface area contributed by atoms with Crippen molar-refractivity contribution in [3.05, 3.63) is 30.1 Å². The van der Waals surface area contributed by atoms with Crippen LogP contribution in [0.25, 0.3) is 0 Å². The highest BCUT2D eigenvalue weighted by Gasteiger charge is 2.39. The first-order valence-electron chi connectivity index (χ1n) is 6.85. The molecule has 0 amide bonds. The summed E-state index contributed by atoms with van der Waals surface area (Å²) in [5.41, 5.74) is 0.142. The molecular formula is C13H18FN3O2S. The number of nitrogens with one attached hydrogen (secondary N) is 1. The molecular weight excluding hydrogens is 281 g/mol. The number of anilines is 1. The standard InChI is InChI=1S/C13H18FN3O2S/c14-12-4-1-2-5-13(12)17-9-3-8-16(20(17,18)19)11-6-7-15-10-11/h1-2,4-5,11,15H,3,6-10H2. The summed E-state index contributed by atoms with van der Waals surface area (Å²) in [6.45, 7) is 2.35. The van der Waals surface area contributed by atoms with Crippen LogP contribution in [-0.2, 0) is 10.2 Å². The molecule has 5 nitrogen and oxygen atoms in total. The third-order valence-electron chi connectivity index (χ3n) is 3.88. The van der Waals surface area contributed by atoms with Gasteiger partial charge in [0, 0.05) is 25.7 Å². The Morgan fingerprint density at radius 2 is 2.05 bits per heavy atom. The zero-order valence-corrected chi connectivity index (χ0v) is 11.9. The Kier molecular flexibility index (Phi) is 3.66. The number of hydrogen-bond donors (Lipinski definition) is 1. The average Bonchev–Trinajstić information content (AvgIpc) is 2.93. The van der Waals surface area contributed by atoms with Gasteiger partial charge in [-0.2, -0.15) is 12.7 Å². The van der Waals surface area contributed by atoms with Gasteiger partial charge in [-0.1, -0.05) is 12.1 Å². The average molecular weight is 299 g/mol. The summed E-state index contributed by atoms with van der Waals surface area (Å²) < 4.78 is 42.0. The third kappa shape index (κ3) is 2.30. The van der Waals surface area contributed by atoms with E-state index in [9.17, 15) is 12.8 Å². The van der Waals surface area contributed by atoms with Crippen LogP contribution in [0.2, 0.25) is 0 Å². The molecule has 2 heterocycles. The molecule has 0 bridgehead atoms. The van der Waals surface area contributed by atoms with Gasteiger partial charge in [-0.3, -0.25) is 4.31 Å². The number of hydrogen-bond acceptors (Lipinski definition) is 3. The number of halogens is 1. The summed E-state index contributed by atoms with van der Waals surface area (Å²) in [6, 6.07) is 6.01. The van der Waals surface area contributed by atoms with Crippen molar-refractivity contribution in [3.63, 3.8) is 0 Å². The quantitative estimate of drug-likeness (QED) is 0.884. The molecule has 0 aromatic heterocycles. The smallest absolute Gasteiger partial charge is 0.304 e. The molecule has 110 valence electrons. The van der Waals surface area contributed by atoms with Gasteiger partial charge in [0.15, 0.2) is 0 Å². The maximum atomic E-state index is 13.9. The van der Waals surface area contributed by atoms with Gasteiger partial charge in [0.05, 0.1) is 5.69 Å². The van der Waals surface area contributed by atoms with Crippen molar-refractivity contribution < 1.29 is 12.8 Å². The minimum absolute atomic E-state index is 0.0189. The first-order chi connectivity index (χ1) is 9.60. The lowest BCUT2D eigenvalue weighted by molar-refractivity contribution is 0.317. The van der Waals surface area contributed by atoms with Gasteiger partial charge in [0.2, 0.25) is 0 Å². The van der Waals surface area contributed by atoms with Gasteiger partial charge < -0.3 is 5.32 Å². The fourth-order valence-electron chi connectivity index (χ4n) is 2.88. The largest absolute Gasteiger partial charge is 0.315 e. The monoisotopic (exact) mass is 299 g/mol. The zero-order chi connectivity index (χ0) is 14.2. The van der Waals surface area contributed by atoms with Crippen LogP contribution in [0.5, 0.6) is 0 Å². The maximum absolute atomic E-state index is 13.9. The fourth-order valence-corrected chi connectivity index (χ4v) is 4.81. The van der Waals surface area contributed by atoms with Gasteiger partial charge in [0.25, 0.3) is 0 Å². The van der Waals surface area contributed by atoms with E-state index in [1.807, 2.05) is 0 Å². The highest BCUT2D eigenvalue weighted by molar-refractivity contribution is 7.90. The van der Waals surface area contributed by atoms with Crippen LogP contribution in [0, 0.1) is 5.82 Å². The van der Waals surface area contributed by atoms with Crippen LogP contribution in [0.1, 0.15) is 12.8 Å². The van der Waals surface area contributed by atoms with Crippen LogP contribution in [0.4, 0.5) is 10.1 Å². The van der Waals surface area contributed by atoms with Crippen molar-refractivity contribution in [2.45, 2.75) is 18.9 Å². The highest BCUT2D eigenvalue weighted by Crippen LogP contribution is 2.29. The molecule has 2 saturated heterocycles. The van der Waals surface area contributed by atoms with Crippen LogP contribution in [0.15, 0.2) is 24.3 Å². The van der Waals surface area contributed by atoms with Crippen LogP contribution >= 0.6 is 0 Å². The molecule has 1 aromatic rings. The molecule has 2 fully saturated rings. The second kappa shape index (κ2) is 5.31. The van der Waals surface area contributed by atoms with E-state index in [2.05, 4.69) is 5.32 Å². The van der Waals surface area contributed by atoms with E-state index < -0.39 is 16.0 Å². The summed E-state index contributed by atoms with van der Waals surface area (Å²) >= 11 is 0. The van der Waals surface area contributed by atoms with Crippen molar-refractivity contribution in [3.8, 4) is 0 Å². The Hall–Kier alpha value is -1.18. The molecule has 0 radical (unpaired) electrons. The van der Waals surface area contributed by atoms with Gasteiger partial charge in [-0.25, -0.2) is 4.39 Å². The molecule has 1 aromatic carbocycles. The second-order valence-corrected chi connectivity index (χ2v) is 6.95. The Bertz CT molecular complexity index is 587. The van der Waals surface area contributed by atoms with E-state index >= 15 is 0 Å². The van der Waals surface area contributed by atoms with Crippen molar-refractivity contribution in [2.24, 2.45) is 0 Å². The molecule has 2 aliphatic heterocycles. The van der Waals surface area contributed by atoms with Gasteiger partial charge >= 0.3 is 10.2 Å². The molecule has 20 heavy (non-hydrogen) atoms. The highest BCUT2D eigenvalue weighted by atomic mass is 32.2. The third-order valence-corrected chi connectivity index (χ3v) is 5.89. The Morgan fingerprint density at radius 3 is 2.75 bits per heavy atom. The van der Waals surface area contributed by atoms with Crippen LogP contribution in [0.3, 0.4) is 0 Å². The minimum Gasteiger partial charge on any atom is -0.315 e. The lowest BCUT2D eigenvalue weighted by Gasteiger charge is -2.38. The molecule has 0 aliphatic carbocycles. The number of para-hydroxylation sites is 1. The predicted octanol–water partition coefficient (Wildman–Crippen LogP) is 0.945. The first kappa shape index (κ1) is 13.8. The number of nitrogens with zero attached hydrogens (tertiary/aromatic N) is 2. The van der Waals surface area contributed by atoms with Crippen LogP contribution < -0.4 is 9.62 Å². The molecule has 0 saturated carbocycles. The van der Waals surface area contributed by atoms with E-state index in [0.29, 0.717) is 26.1 Å². The maximum Gasteiger partial charge on any atom is 0.304 e. The normalized spacial score (nSPS) is 26.9. The van der Waals surface area contributed by atoms with E-state index in [-0.39, 0.29) is 11.7 Å². The molecule has 0 spiro atoms. The molecule has 1 atom stereocenters. The van der Waals surface area contributed by atoms with E-state index in [1.165, 1.54) is 20.7 Å². The van der Waals surface area contributed by atoms with Crippen molar-refractivity contribution >= 4 is 15.9 Å². The number of benzene rings is 1.